The van der Waals surface area contributed by atoms with Crippen LogP contribution in [-0.2, 0) is 11.2 Å². The highest BCUT2D eigenvalue weighted by molar-refractivity contribution is 7.80. The van der Waals surface area contributed by atoms with Gasteiger partial charge in [0.25, 0.3) is 0 Å². The smallest absolute Gasteiger partial charge is 0.219 e. The molecule has 1 amide bonds. The maximum absolute atomic E-state index is 13.4. The number of amides is 1. The van der Waals surface area contributed by atoms with Crippen molar-refractivity contribution in [1.29, 1.82) is 0 Å². The highest BCUT2D eigenvalue weighted by Crippen LogP contribution is 2.29. The molecule has 0 spiro atoms. The maximum Gasteiger partial charge on any atom is 0.219 e. The molecule has 0 radical (unpaired) electrons. The van der Waals surface area contributed by atoms with Crippen LogP contribution in [0.2, 0.25) is 0 Å². The molecule has 0 atom stereocenters. The number of nitrogens with zero attached hydrogens (tertiary/aromatic N) is 2. The summed E-state index contributed by atoms with van der Waals surface area (Å²) in [6.45, 7) is 3.07. The van der Waals surface area contributed by atoms with E-state index in [0.717, 1.165) is 50.1 Å². The van der Waals surface area contributed by atoms with E-state index in [4.69, 9.17) is 18.0 Å². The predicted octanol–water partition coefficient (Wildman–Crippen LogP) is 2.57. The van der Waals surface area contributed by atoms with Crippen LogP contribution in [0.25, 0.3) is 0 Å². The Morgan fingerprint density at radius 2 is 2.11 bits per heavy atom. The number of carbonyl (C=O) groups excluding carboxylic acids is 1. The van der Waals surface area contributed by atoms with Gasteiger partial charge in [-0.25, -0.2) is 4.39 Å². The molecule has 27 heavy (non-hydrogen) atoms. The van der Waals surface area contributed by atoms with Gasteiger partial charge in [0.15, 0.2) is 5.11 Å². The third-order valence-electron chi connectivity index (χ3n) is 5.57. The van der Waals surface area contributed by atoms with E-state index in [2.05, 4.69) is 15.1 Å². The van der Waals surface area contributed by atoms with Crippen molar-refractivity contribution in [2.24, 2.45) is 5.73 Å². The number of nitrogens with one attached hydrogen (secondary N) is 1. The summed E-state index contributed by atoms with van der Waals surface area (Å²) in [5.41, 5.74) is 7.44. The van der Waals surface area contributed by atoms with E-state index >= 15 is 0 Å². The van der Waals surface area contributed by atoms with Crippen LogP contribution in [0.15, 0.2) is 18.2 Å². The molecule has 0 saturated heterocycles. The van der Waals surface area contributed by atoms with Crippen molar-refractivity contribution < 1.29 is 9.18 Å². The van der Waals surface area contributed by atoms with Gasteiger partial charge in [0.05, 0.1) is 0 Å². The summed E-state index contributed by atoms with van der Waals surface area (Å²) >= 11 is 5.64. The molecule has 148 valence electrons. The molecule has 1 aromatic rings. The predicted molar refractivity (Wildman–Crippen MR) is 110 cm³/mol. The molecule has 3 rings (SSSR count). The fraction of sp³-hybridized carbons (Fsp3) is 0.600. The van der Waals surface area contributed by atoms with Gasteiger partial charge in [-0.2, -0.15) is 0 Å². The number of primary amides is 1. The highest BCUT2D eigenvalue weighted by atomic mass is 32.1. The third kappa shape index (κ3) is 5.31. The van der Waals surface area contributed by atoms with Crippen molar-refractivity contribution >= 4 is 28.9 Å². The summed E-state index contributed by atoms with van der Waals surface area (Å²) in [5, 5.41) is 3.91. The van der Waals surface area contributed by atoms with Gasteiger partial charge in [-0.05, 0) is 55.2 Å². The Morgan fingerprint density at radius 3 is 2.85 bits per heavy atom. The van der Waals surface area contributed by atoms with Crippen molar-refractivity contribution in [2.45, 2.75) is 51.0 Å². The van der Waals surface area contributed by atoms with E-state index < -0.39 is 0 Å². The lowest BCUT2D eigenvalue weighted by molar-refractivity contribution is -0.117. The second-order valence-electron chi connectivity index (χ2n) is 7.44. The van der Waals surface area contributed by atoms with Gasteiger partial charge in [0.1, 0.15) is 5.82 Å². The van der Waals surface area contributed by atoms with E-state index in [-0.39, 0.29) is 18.1 Å². The Kier molecular flexibility index (Phi) is 6.88. The number of carbonyl (C=O) groups is 1. The van der Waals surface area contributed by atoms with E-state index in [0.29, 0.717) is 17.7 Å². The standard InChI is InChI=1S/C20H29FN4OS/c21-16-6-7-18-15(14-16)9-11-24(18)12-13-25(17-4-2-1-3-5-17)20(27)23-10-8-19(22)26/h6-7,14,17H,1-5,8-13H2,(H2,22,26)(H,23,27). The number of benzene rings is 1. The Bertz CT molecular complexity index is 678. The molecular weight excluding hydrogens is 363 g/mol. The van der Waals surface area contributed by atoms with Crippen LogP contribution in [-0.4, -0.2) is 48.1 Å². The van der Waals surface area contributed by atoms with Crippen molar-refractivity contribution in [3.8, 4) is 0 Å². The molecule has 1 saturated carbocycles. The summed E-state index contributed by atoms with van der Waals surface area (Å²) < 4.78 is 13.4. The highest BCUT2D eigenvalue weighted by Gasteiger charge is 2.25. The van der Waals surface area contributed by atoms with Crippen molar-refractivity contribution in [2.75, 3.05) is 31.1 Å². The zero-order valence-electron chi connectivity index (χ0n) is 15.8. The van der Waals surface area contributed by atoms with Crippen LogP contribution in [0.1, 0.15) is 44.1 Å². The topological polar surface area (TPSA) is 61.6 Å². The number of thiocarbonyl (C=S) groups is 1. The quantitative estimate of drug-likeness (QED) is 0.699. The zero-order valence-corrected chi connectivity index (χ0v) is 16.6. The molecular formula is C20H29FN4OS. The number of fused-ring (bicyclic) bond motifs is 1. The summed E-state index contributed by atoms with van der Waals surface area (Å²) in [6.07, 6.45) is 7.23. The van der Waals surface area contributed by atoms with Gasteiger partial charge in [0, 0.05) is 44.3 Å². The molecule has 3 N–H and O–H groups in total. The average Bonchev–Trinajstić information content (AvgIpc) is 3.04. The molecule has 5 nitrogen and oxygen atoms in total. The van der Waals surface area contributed by atoms with Crippen LogP contribution in [0, 0.1) is 5.82 Å². The maximum atomic E-state index is 13.4. The minimum atomic E-state index is -0.324. The minimum Gasteiger partial charge on any atom is -0.370 e. The average molecular weight is 393 g/mol. The molecule has 0 bridgehead atoms. The molecule has 2 aliphatic rings. The van der Waals surface area contributed by atoms with Crippen molar-refractivity contribution in [1.82, 2.24) is 10.2 Å². The lowest BCUT2D eigenvalue weighted by Gasteiger charge is -2.37. The lowest BCUT2D eigenvalue weighted by Crippen LogP contribution is -2.50. The lowest BCUT2D eigenvalue weighted by atomic mass is 9.94. The number of halogens is 1. The Labute approximate surface area is 166 Å². The van der Waals surface area contributed by atoms with Gasteiger partial charge in [-0.3, -0.25) is 4.79 Å². The third-order valence-corrected chi connectivity index (χ3v) is 5.95. The van der Waals surface area contributed by atoms with Crippen molar-refractivity contribution in [3.63, 3.8) is 0 Å². The molecule has 1 aliphatic heterocycles. The molecule has 1 aromatic carbocycles. The molecule has 1 heterocycles. The van der Waals surface area contributed by atoms with Gasteiger partial charge in [0.2, 0.25) is 5.91 Å². The summed E-state index contributed by atoms with van der Waals surface area (Å²) in [4.78, 5) is 15.6. The summed E-state index contributed by atoms with van der Waals surface area (Å²) in [7, 11) is 0. The van der Waals surface area contributed by atoms with Gasteiger partial charge in [-0.1, -0.05) is 19.3 Å². The Hall–Kier alpha value is -1.89. The molecule has 1 aliphatic carbocycles. The normalized spacial score (nSPS) is 16.9. The SMILES string of the molecule is NC(=O)CCNC(=S)N(CCN1CCc2cc(F)ccc21)C1CCCCC1. The van der Waals surface area contributed by atoms with E-state index in [9.17, 15) is 9.18 Å². The number of hydrogen-bond acceptors (Lipinski definition) is 3. The number of nitrogens with two attached hydrogens (primary N) is 1. The molecule has 0 aromatic heterocycles. The fourth-order valence-electron chi connectivity index (χ4n) is 4.14. The van der Waals surface area contributed by atoms with Gasteiger partial charge < -0.3 is 20.9 Å². The first-order chi connectivity index (χ1) is 13.0. The van der Waals surface area contributed by atoms with Gasteiger partial charge in [-0.15, -0.1) is 0 Å². The molecule has 1 fully saturated rings. The van der Waals surface area contributed by atoms with Crippen LogP contribution in [0.3, 0.4) is 0 Å². The fourth-order valence-corrected chi connectivity index (χ4v) is 4.48. The van der Waals surface area contributed by atoms with Crippen LogP contribution >= 0.6 is 12.2 Å². The first kappa shape index (κ1) is 19.9. The number of rotatable bonds is 7. The van der Waals surface area contributed by atoms with E-state index in [1.54, 1.807) is 6.07 Å². The first-order valence-electron chi connectivity index (χ1n) is 9.91. The largest absolute Gasteiger partial charge is 0.370 e. The minimum absolute atomic E-state index is 0.167. The van der Waals surface area contributed by atoms with Crippen LogP contribution < -0.4 is 16.0 Å². The Morgan fingerprint density at radius 1 is 1.33 bits per heavy atom. The zero-order chi connectivity index (χ0) is 19.2. The van der Waals surface area contributed by atoms with E-state index in [1.165, 1.54) is 25.3 Å². The van der Waals surface area contributed by atoms with Crippen LogP contribution in [0.4, 0.5) is 10.1 Å². The van der Waals surface area contributed by atoms with Crippen LogP contribution in [0.5, 0.6) is 0 Å². The van der Waals surface area contributed by atoms with Crippen molar-refractivity contribution in [3.05, 3.63) is 29.6 Å². The summed E-state index contributed by atoms with van der Waals surface area (Å²) in [5.74, 6) is -0.491. The number of anilines is 1. The molecule has 0 unspecified atom stereocenters. The van der Waals surface area contributed by atoms with Gasteiger partial charge >= 0.3 is 0 Å². The van der Waals surface area contributed by atoms with E-state index in [1.807, 2.05) is 6.07 Å². The second-order valence-corrected chi connectivity index (χ2v) is 7.83. The monoisotopic (exact) mass is 392 g/mol. The second kappa shape index (κ2) is 9.35. The summed E-state index contributed by atoms with van der Waals surface area (Å²) in [6, 6.07) is 5.50. The molecule has 7 heteroatoms. The number of hydrogen-bond donors (Lipinski definition) is 2. The Balaban J connectivity index is 1.61. The first-order valence-corrected chi connectivity index (χ1v) is 10.3.